The number of halogens is 1. The van der Waals surface area contributed by atoms with Crippen LogP contribution in [0.4, 0.5) is 0 Å². The van der Waals surface area contributed by atoms with Gasteiger partial charge in [0.2, 0.25) is 11.8 Å². The summed E-state index contributed by atoms with van der Waals surface area (Å²) in [6.45, 7) is 6.80. The van der Waals surface area contributed by atoms with E-state index in [4.69, 9.17) is 5.73 Å². The molecule has 21 heavy (non-hydrogen) atoms. The fourth-order valence-electron chi connectivity index (χ4n) is 2.33. The van der Waals surface area contributed by atoms with Crippen molar-refractivity contribution in [2.24, 2.45) is 17.6 Å². The summed E-state index contributed by atoms with van der Waals surface area (Å²) in [7, 11) is 0. The second-order valence-corrected chi connectivity index (χ2v) is 5.95. The third-order valence-electron chi connectivity index (χ3n) is 4.01. The summed E-state index contributed by atoms with van der Waals surface area (Å²) in [5, 5.41) is 12.1. The number of nitrogens with zero attached hydrogens (tertiary/aromatic N) is 1. The van der Waals surface area contributed by atoms with Gasteiger partial charge in [-0.15, -0.1) is 12.4 Å². The van der Waals surface area contributed by atoms with Gasteiger partial charge in [0.15, 0.2) is 0 Å². The highest BCUT2D eigenvalue weighted by Crippen LogP contribution is 2.20. The van der Waals surface area contributed by atoms with Gasteiger partial charge in [-0.2, -0.15) is 0 Å². The number of nitrogens with one attached hydrogen (secondary N) is 1. The number of nitrogens with two attached hydrogens (primary N) is 1. The molecule has 1 heterocycles. The van der Waals surface area contributed by atoms with Crippen LogP contribution in [-0.2, 0) is 9.59 Å². The summed E-state index contributed by atoms with van der Waals surface area (Å²) in [5.74, 6) is -0.0551. The maximum atomic E-state index is 12.0. The molecule has 1 rings (SSSR count). The third-order valence-corrected chi connectivity index (χ3v) is 4.01. The number of aliphatic hydroxyl groups is 1. The Morgan fingerprint density at radius 3 is 2.24 bits per heavy atom. The van der Waals surface area contributed by atoms with E-state index in [1.165, 1.54) is 0 Å². The lowest BCUT2D eigenvalue weighted by Crippen LogP contribution is -2.49. The summed E-state index contributed by atoms with van der Waals surface area (Å²) >= 11 is 0. The maximum absolute atomic E-state index is 12.0. The van der Waals surface area contributed by atoms with Crippen LogP contribution in [0.5, 0.6) is 0 Å². The largest absolute Gasteiger partial charge is 0.393 e. The van der Waals surface area contributed by atoms with Gasteiger partial charge in [-0.25, -0.2) is 0 Å². The Labute approximate surface area is 132 Å². The summed E-state index contributed by atoms with van der Waals surface area (Å²) in [6.07, 6.45) is 1.29. The maximum Gasteiger partial charge on any atom is 0.241 e. The molecule has 1 aliphatic heterocycles. The topological polar surface area (TPSA) is 95.7 Å². The Morgan fingerprint density at radius 2 is 1.81 bits per heavy atom. The van der Waals surface area contributed by atoms with Gasteiger partial charge in [0.1, 0.15) is 0 Å². The standard InChI is InChI=1S/C14H27N3O3.ClH/c1-9(2)13(15)14(20)16-8-12(19)17-6-4-11(5-7-17)10(3)18;/h9-11,13,18H,4-8,15H2,1-3H3,(H,16,20);1H/t10?,13-;/m0./s1. The van der Waals surface area contributed by atoms with Gasteiger partial charge < -0.3 is 21.1 Å². The zero-order chi connectivity index (χ0) is 15.3. The first kappa shape index (κ1) is 20.1. The van der Waals surface area contributed by atoms with Crippen LogP contribution in [0.1, 0.15) is 33.6 Å². The van der Waals surface area contributed by atoms with Crippen LogP contribution in [-0.4, -0.2) is 53.6 Å². The second-order valence-electron chi connectivity index (χ2n) is 5.95. The number of aliphatic hydroxyl groups excluding tert-OH is 1. The smallest absolute Gasteiger partial charge is 0.241 e. The minimum atomic E-state index is -0.580. The molecule has 6 nitrogen and oxygen atoms in total. The molecule has 0 spiro atoms. The van der Waals surface area contributed by atoms with Crippen LogP contribution in [0.2, 0.25) is 0 Å². The Hall–Kier alpha value is -0.850. The number of likely N-dealkylation sites (tertiary alicyclic amines) is 1. The van der Waals surface area contributed by atoms with E-state index in [1.807, 2.05) is 13.8 Å². The van der Waals surface area contributed by atoms with Crippen LogP contribution in [0.3, 0.4) is 0 Å². The molecule has 1 unspecified atom stereocenters. The second kappa shape index (κ2) is 9.23. The van der Waals surface area contributed by atoms with Crippen molar-refractivity contribution in [3.8, 4) is 0 Å². The molecule has 4 N–H and O–H groups in total. The molecule has 2 amide bonds. The van der Waals surface area contributed by atoms with Gasteiger partial charge >= 0.3 is 0 Å². The monoisotopic (exact) mass is 321 g/mol. The average Bonchev–Trinajstić information content (AvgIpc) is 2.43. The Morgan fingerprint density at radius 1 is 1.29 bits per heavy atom. The zero-order valence-corrected chi connectivity index (χ0v) is 13.9. The number of hydrogen-bond acceptors (Lipinski definition) is 4. The predicted molar refractivity (Wildman–Crippen MR) is 84.1 cm³/mol. The van der Waals surface area contributed by atoms with Gasteiger partial charge in [0, 0.05) is 13.1 Å². The van der Waals surface area contributed by atoms with Crippen molar-refractivity contribution in [3.63, 3.8) is 0 Å². The Kier molecular flexibility index (Phi) is 8.85. The highest BCUT2D eigenvalue weighted by Gasteiger charge is 2.26. The molecule has 2 atom stereocenters. The lowest BCUT2D eigenvalue weighted by Gasteiger charge is -2.33. The van der Waals surface area contributed by atoms with E-state index in [0.717, 1.165) is 12.8 Å². The first-order chi connectivity index (χ1) is 9.32. The quantitative estimate of drug-likeness (QED) is 0.670. The lowest BCUT2D eigenvalue weighted by atomic mass is 9.92. The molecule has 0 saturated carbocycles. The molecule has 0 aromatic rings. The van der Waals surface area contributed by atoms with E-state index in [-0.39, 0.29) is 48.7 Å². The molecule has 124 valence electrons. The molecule has 1 aliphatic rings. The van der Waals surface area contributed by atoms with Crippen molar-refractivity contribution in [3.05, 3.63) is 0 Å². The van der Waals surface area contributed by atoms with Gasteiger partial charge in [-0.05, 0) is 31.6 Å². The summed E-state index contributed by atoms with van der Waals surface area (Å²) in [6, 6.07) is -0.580. The fourth-order valence-corrected chi connectivity index (χ4v) is 2.33. The number of piperidine rings is 1. The van der Waals surface area contributed by atoms with Gasteiger partial charge in [-0.1, -0.05) is 13.8 Å². The first-order valence-corrected chi connectivity index (χ1v) is 7.32. The summed E-state index contributed by atoms with van der Waals surface area (Å²) < 4.78 is 0. The molecular formula is C14H28ClN3O3. The SMILES string of the molecule is CC(O)C1CCN(C(=O)CNC(=O)[C@@H](N)C(C)C)CC1.Cl. The van der Waals surface area contributed by atoms with E-state index >= 15 is 0 Å². The van der Waals surface area contributed by atoms with Crippen molar-refractivity contribution in [1.82, 2.24) is 10.2 Å². The minimum Gasteiger partial charge on any atom is -0.393 e. The molecule has 1 fully saturated rings. The number of rotatable bonds is 5. The molecule has 0 radical (unpaired) electrons. The molecular weight excluding hydrogens is 294 g/mol. The Balaban J connectivity index is 0.00000400. The number of carbonyl (C=O) groups excluding carboxylic acids is 2. The van der Waals surface area contributed by atoms with Crippen molar-refractivity contribution < 1.29 is 14.7 Å². The first-order valence-electron chi connectivity index (χ1n) is 7.32. The van der Waals surface area contributed by atoms with Crippen LogP contribution < -0.4 is 11.1 Å². The van der Waals surface area contributed by atoms with Gasteiger partial charge in [-0.3, -0.25) is 9.59 Å². The Bertz CT molecular complexity index is 342. The summed E-state index contributed by atoms with van der Waals surface area (Å²) in [4.78, 5) is 25.4. The van der Waals surface area contributed by atoms with E-state index < -0.39 is 6.04 Å². The van der Waals surface area contributed by atoms with E-state index in [9.17, 15) is 14.7 Å². The molecule has 0 aromatic heterocycles. The minimum absolute atomic E-state index is 0. The highest BCUT2D eigenvalue weighted by molar-refractivity contribution is 5.87. The normalized spacial score (nSPS) is 18.9. The molecule has 7 heteroatoms. The predicted octanol–water partition coefficient (Wildman–Crippen LogP) is 0.127. The van der Waals surface area contributed by atoms with Crippen LogP contribution in [0.25, 0.3) is 0 Å². The third kappa shape index (κ3) is 6.20. The van der Waals surface area contributed by atoms with Crippen LogP contribution >= 0.6 is 12.4 Å². The number of amides is 2. The number of carbonyl (C=O) groups is 2. The molecule has 0 aromatic carbocycles. The molecule has 0 aliphatic carbocycles. The van der Waals surface area contributed by atoms with Crippen molar-refractivity contribution in [2.45, 2.75) is 45.8 Å². The highest BCUT2D eigenvalue weighted by atomic mass is 35.5. The lowest BCUT2D eigenvalue weighted by molar-refractivity contribution is -0.134. The van der Waals surface area contributed by atoms with E-state index in [1.54, 1.807) is 11.8 Å². The van der Waals surface area contributed by atoms with Gasteiger partial charge in [0.05, 0.1) is 18.7 Å². The fraction of sp³-hybridized carbons (Fsp3) is 0.857. The zero-order valence-electron chi connectivity index (χ0n) is 13.0. The van der Waals surface area contributed by atoms with Crippen molar-refractivity contribution in [1.29, 1.82) is 0 Å². The molecule has 1 saturated heterocycles. The van der Waals surface area contributed by atoms with Crippen LogP contribution in [0, 0.1) is 11.8 Å². The van der Waals surface area contributed by atoms with Gasteiger partial charge in [0.25, 0.3) is 0 Å². The van der Waals surface area contributed by atoms with Crippen molar-refractivity contribution >= 4 is 24.2 Å². The van der Waals surface area contributed by atoms with Crippen molar-refractivity contribution in [2.75, 3.05) is 19.6 Å². The van der Waals surface area contributed by atoms with E-state index in [2.05, 4.69) is 5.32 Å². The number of hydrogen-bond donors (Lipinski definition) is 3. The summed E-state index contributed by atoms with van der Waals surface area (Å²) in [5.41, 5.74) is 5.71. The van der Waals surface area contributed by atoms with Crippen LogP contribution in [0.15, 0.2) is 0 Å². The molecule has 0 bridgehead atoms. The average molecular weight is 322 g/mol. The van der Waals surface area contributed by atoms with E-state index in [0.29, 0.717) is 13.1 Å².